The molecule has 0 bridgehead atoms. The van der Waals surface area contributed by atoms with Crippen LogP contribution in [0.1, 0.15) is 23.5 Å². The highest BCUT2D eigenvalue weighted by Gasteiger charge is 2.15. The first kappa shape index (κ1) is 21.1. The van der Waals surface area contributed by atoms with Crippen LogP contribution in [-0.4, -0.2) is 61.6 Å². The molecule has 7 nitrogen and oxygen atoms in total. The number of guanidine groups is 1. The predicted octanol–water partition coefficient (Wildman–Crippen LogP) is 1.37. The summed E-state index contributed by atoms with van der Waals surface area (Å²) in [7, 11) is 3.46. The zero-order valence-electron chi connectivity index (χ0n) is 14.4. The summed E-state index contributed by atoms with van der Waals surface area (Å²) in [5.41, 5.74) is 1.02. The number of halogens is 1. The van der Waals surface area contributed by atoms with Crippen LogP contribution in [0, 0.1) is 6.92 Å². The highest BCUT2D eigenvalue weighted by Crippen LogP contribution is 2.08. The average molecular weight is 467 g/mol. The van der Waals surface area contributed by atoms with Gasteiger partial charge in [0.2, 0.25) is 5.91 Å². The van der Waals surface area contributed by atoms with E-state index in [0.717, 1.165) is 36.8 Å². The monoisotopic (exact) mass is 467 g/mol. The van der Waals surface area contributed by atoms with Crippen molar-refractivity contribution < 1.29 is 9.53 Å². The number of nitrogens with zero attached hydrogens (tertiary/aromatic N) is 3. The summed E-state index contributed by atoms with van der Waals surface area (Å²) in [5, 5.41) is 9.68. The molecule has 1 amide bonds. The number of nitrogens with one attached hydrogen (secondary N) is 2. The van der Waals surface area contributed by atoms with Crippen molar-refractivity contribution in [2.75, 3.05) is 33.9 Å². The van der Waals surface area contributed by atoms with Gasteiger partial charge in [-0.1, -0.05) is 0 Å². The van der Waals surface area contributed by atoms with Gasteiger partial charge in [0, 0.05) is 44.4 Å². The van der Waals surface area contributed by atoms with Crippen LogP contribution in [0.2, 0.25) is 0 Å². The molecule has 24 heavy (non-hydrogen) atoms. The van der Waals surface area contributed by atoms with Gasteiger partial charge in [0.25, 0.3) is 0 Å². The number of carbonyl (C=O) groups is 1. The van der Waals surface area contributed by atoms with Gasteiger partial charge in [-0.05, 0) is 19.8 Å². The molecule has 136 valence electrons. The lowest BCUT2D eigenvalue weighted by Gasteiger charge is -2.25. The Hall–Kier alpha value is -0.940. The number of aliphatic imine (C=N–C) groups is 1. The molecule has 2 heterocycles. The van der Waals surface area contributed by atoms with E-state index in [1.54, 1.807) is 30.3 Å². The minimum Gasteiger partial charge on any atom is -0.381 e. The fourth-order valence-corrected chi connectivity index (χ4v) is 2.83. The van der Waals surface area contributed by atoms with Crippen molar-refractivity contribution in [1.82, 2.24) is 20.5 Å². The van der Waals surface area contributed by atoms with Crippen molar-refractivity contribution in [2.45, 2.75) is 32.4 Å². The minimum atomic E-state index is -0.0248. The van der Waals surface area contributed by atoms with Gasteiger partial charge in [-0.15, -0.1) is 35.3 Å². The highest BCUT2D eigenvalue weighted by molar-refractivity contribution is 14.0. The standard InChI is InChI=1S/C15H25N5O2S.HI/c1-11-10-23-13(18-11)8-16-15(17-9-14(21)20(2)3)19-12-4-6-22-7-5-12;/h10,12H,4-9H2,1-3H3,(H2,16,17,19);1H. The summed E-state index contributed by atoms with van der Waals surface area (Å²) in [5.74, 6) is 0.628. The van der Waals surface area contributed by atoms with Gasteiger partial charge in [-0.3, -0.25) is 4.79 Å². The van der Waals surface area contributed by atoms with Gasteiger partial charge in [-0.2, -0.15) is 0 Å². The van der Waals surface area contributed by atoms with E-state index in [0.29, 0.717) is 18.5 Å². The van der Waals surface area contributed by atoms with E-state index in [9.17, 15) is 4.79 Å². The van der Waals surface area contributed by atoms with E-state index < -0.39 is 0 Å². The lowest BCUT2D eigenvalue weighted by molar-refractivity contribution is -0.127. The maximum Gasteiger partial charge on any atom is 0.243 e. The summed E-state index contributed by atoms with van der Waals surface area (Å²) in [6.45, 7) is 4.22. The van der Waals surface area contributed by atoms with Crippen LogP contribution in [0.15, 0.2) is 10.4 Å². The number of ether oxygens (including phenoxy) is 1. The molecule has 1 saturated heterocycles. The van der Waals surface area contributed by atoms with Crippen LogP contribution in [0.25, 0.3) is 0 Å². The summed E-state index contributed by atoms with van der Waals surface area (Å²) in [6.07, 6.45) is 1.89. The van der Waals surface area contributed by atoms with Gasteiger partial charge >= 0.3 is 0 Å². The normalized spacial score (nSPS) is 15.5. The van der Waals surface area contributed by atoms with Gasteiger partial charge in [0.1, 0.15) is 11.6 Å². The Morgan fingerprint density at radius 2 is 2.17 bits per heavy atom. The molecule has 0 aromatic carbocycles. The zero-order valence-corrected chi connectivity index (χ0v) is 17.5. The number of aryl methyl sites for hydroxylation is 1. The van der Waals surface area contributed by atoms with Crippen LogP contribution in [0.3, 0.4) is 0 Å². The van der Waals surface area contributed by atoms with Crippen LogP contribution >= 0.6 is 35.3 Å². The Morgan fingerprint density at radius 3 is 2.75 bits per heavy atom. The van der Waals surface area contributed by atoms with E-state index in [-0.39, 0.29) is 36.4 Å². The van der Waals surface area contributed by atoms with Crippen molar-refractivity contribution in [3.63, 3.8) is 0 Å². The fraction of sp³-hybridized carbons (Fsp3) is 0.667. The Kier molecular flexibility index (Phi) is 9.52. The second kappa shape index (κ2) is 10.8. The van der Waals surface area contributed by atoms with Gasteiger partial charge in [0.15, 0.2) is 5.96 Å². The fourth-order valence-electron chi connectivity index (χ4n) is 2.12. The minimum absolute atomic E-state index is 0. The molecule has 0 unspecified atom stereocenters. The van der Waals surface area contributed by atoms with Crippen LogP contribution in [0.4, 0.5) is 0 Å². The number of amides is 1. The Balaban J connectivity index is 0.00000288. The number of hydrogen-bond acceptors (Lipinski definition) is 5. The molecule has 0 radical (unpaired) electrons. The number of rotatable bonds is 5. The zero-order chi connectivity index (χ0) is 16.7. The predicted molar refractivity (Wildman–Crippen MR) is 107 cm³/mol. The maximum absolute atomic E-state index is 11.8. The van der Waals surface area contributed by atoms with E-state index in [2.05, 4.69) is 20.6 Å². The van der Waals surface area contributed by atoms with Crippen molar-refractivity contribution >= 4 is 47.2 Å². The summed E-state index contributed by atoms with van der Waals surface area (Å²) in [4.78, 5) is 22.1. The third-order valence-corrected chi connectivity index (χ3v) is 4.47. The van der Waals surface area contributed by atoms with Crippen LogP contribution < -0.4 is 10.6 Å². The molecular formula is C15H26IN5O2S. The number of thiazole rings is 1. The summed E-state index contributed by atoms with van der Waals surface area (Å²) < 4.78 is 5.37. The molecule has 1 aromatic heterocycles. The molecule has 0 atom stereocenters. The molecule has 1 aliphatic rings. The molecular weight excluding hydrogens is 441 g/mol. The highest BCUT2D eigenvalue weighted by atomic mass is 127. The van der Waals surface area contributed by atoms with Gasteiger partial charge in [0.05, 0.1) is 6.54 Å². The molecule has 1 aromatic rings. The summed E-state index contributed by atoms with van der Waals surface area (Å²) in [6, 6.07) is 0.322. The van der Waals surface area contributed by atoms with Gasteiger partial charge in [-0.25, -0.2) is 9.98 Å². The smallest absolute Gasteiger partial charge is 0.243 e. The first-order valence-electron chi connectivity index (χ1n) is 7.78. The maximum atomic E-state index is 11.8. The Bertz CT molecular complexity index is 544. The molecule has 9 heteroatoms. The van der Waals surface area contributed by atoms with E-state index in [1.807, 2.05) is 12.3 Å². The third kappa shape index (κ3) is 7.31. The second-order valence-electron chi connectivity index (χ2n) is 5.72. The molecule has 0 aliphatic carbocycles. The van der Waals surface area contributed by atoms with Crippen molar-refractivity contribution in [3.8, 4) is 0 Å². The molecule has 1 aliphatic heterocycles. The SMILES string of the molecule is Cc1csc(CNC(=NCC(=O)N(C)C)NC2CCOCC2)n1.I. The molecule has 0 spiro atoms. The average Bonchev–Trinajstić information content (AvgIpc) is 2.96. The molecule has 2 N–H and O–H groups in total. The number of hydrogen-bond donors (Lipinski definition) is 2. The summed E-state index contributed by atoms with van der Waals surface area (Å²) >= 11 is 1.62. The van der Waals surface area contributed by atoms with E-state index in [4.69, 9.17) is 4.74 Å². The Labute approximate surface area is 164 Å². The largest absolute Gasteiger partial charge is 0.381 e. The first-order chi connectivity index (χ1) is 11.0. The molecule has 2 rings (SSSR count). The topological polar surface area (TPSA) is 78.9 Å². The van der Waals surface area contributed by atoms with Crippen LogP contribution in [-0.2, 0) is 16.1 Å². The quantitative estimate of drug-likeness (QED) is 0.389. The number of likely N-dealkylation sites (N-methyl/N-ethyl adjacent to an activating group) is 1. The van der Waals surface area contributed by atoms with Crippen LogP contribution in [0.5, 0.6) is 0 Å². The Morgan fingerprint density at radius 1 is 1.46 bits per heavy atom. The van der Waals surface area contributed by atoms with Crippen molar-refractivity contribution in [3.05, 3.63) is 16.1 Å². The first-order valence-corrected chi connectivity index (χ1v) is 8.66. The molecule has 1 fully saturated rings. The van der Waals surface area contributed by atoms with Crippen molar-refractivity contribution in [1.29, 1.82) is 0 Å². The lowest BCUT2D eigenvalue weighted by atomic mass is 10.1. The number of carbonyl (C=O) groups excluding carboxylic acids is 1. The second-order valence-corrected chi connectivity index (χ2v) is 6.66. The molecule has 0 saturated carbocycles. The van der Waals surface area contributed by atoms with E-state index >= 15 is 0 Å². The lowest BCUT2D eigenvalue weighted by Crippen LogP contribution is -2.45. The van der Waals surface area contributed by atoms with Gasteiger partial charge < -0.3 is 20.3 Å². The van der Waals surface area contributed by atoms with Crippen molar-refractivity contribution in [2.24, 2.45) is 4.99 Å². The third-order valence-electron chi connectivity index (χ3n) is 3.51. The number of aromatic nitrogens is 1. The van der Waals surface area contributed by atoms with E-state index in [1.165, 1.54) is 0 Å².